The average molecular weight is 401 g/mol. The quantitative estimate of drug-likeness (QED) is 0.489. The molecule has 1 aromatic heterocycles. The van der Waals surface area contributed by atoms with Crippen molar-refractivity contribution in [1.29, 1.82) is 0 Å². The van der Waals surface area contributed by atoms with Crippen LogP contribution >= 0.6 is 0 Å². The zero-order chi connectivity index (χ0) is 20.9. The van der Waals surface area contributed by atoms with Gasteiger partial charge in [0, 0.05) is 47.8 Å². The van der Waals surface area contributed by atoms with Crippen LogP contribution in [-0.4, -0.2) is 29.8 Å². The first-order chi connectivity index (χ1) is 14.6. The number of carbonyl (C=O) groups is 1. The van der Waals surface area contributed by atoms with Gasteiger partial charge in [-0.2, -0.15) is 5.10 Å². The minimum Gasteiger partial charge on any atom is -0.372 e. The van der Waals surface area contributed by atoms with E-state index in [0.717, 1.165) is 30.9 Å². The van der Waals surface area contributed by atoms with Gasteiger partial charge in [0.1, 0.15) is 0 Å². The zero-order valence-corrected chi connectivity index (χ0v) is 17.6. The SMILES string of the molecule is Cc1cc(/C=N\NC(=O)c2ccc(N3CCCC3)cc2)c(C)n1Cc1ccccc1. The molecule has 2 heterocycles. The molecule has 1 fully saturated rings. The minimum absolute atomic E-state index is 0.197. The van der Waals surface area contributed by atoms with E-state index >= 15 is 0 Å². The third-order valence-electron chi connectivity index (χ3n) is 5.77. The van der Waals surface area contributed by atoms with E-state index in [-0.39, 0.29) is 5.91 Å². The Morgan fingerprint density at radius 2 is 1.73 bits per heavy atom. The fraction of sp³-hybridized carbons (Fsp3) is 0.280. The van der Waals surface area contributed by atoms with Crippen molar-refractivity contribution < 1.29 is 4.79 Å². The molecule has 0 bridgehead atoms. The molecule has 0 unspecified atom stereocenters. The molecule has 0 atom stereocenters. The van der Waals surface area contributed by atoms with E-state index in [0.29, 0.717) is 5.56 Å². The van der Waals surface area contributed by atoms with Crippen molar-refractivity contribution >= 4 is 17.8 Å². The van der Waals surface area contributed by atoms with Crippen LogP contribution in [-0.2, 0) is 6.54 Å². The minimum atomic E-state index is -0.197. The van der Waals surface area contributed by atoms with E-state index < -0.39 is 0 Å². The van der Waals surface area contributed by atoms with Crippen LogP contribution in [0.25, 0.3) is 0 Å². The lowest BCUT2D eigenvalue weighted by molar-refractivity contribution is 0.0955. The van der Waals surface area contributed by atoms with Gasteiger partial charge >= 0.3 is 0 Å². The second kappa shape index (κ2) is 8.99. The summed E-state index contributed by atoms with van der Waals surface area (Å²) in [7, 11) is 0. The molecule has 1 aliphatic heterocycles. The Bertz CT molecular complexity index is 1030. The molecule has 4 rings (SSSR count). The first-order valence-corrected chi connectivity index (χ1v) is 10.5. The first kappa shape index (κ1) is 20.0. The first-order valence-electron chi connectivity index (χ1n) is 10.5. The van der Waals surface area contributed by atoms with E-state index in [1.165, 1.54) is 29.8 Å². The zero-order valence-electron chi connectivity index (χ0n) is 17.6. The largest absolute Gasteiger partial charge is 0.372 e. The Kier molecular flexibility index (Phi) is 5.98. The van der Waals surface area contributed by atoms with E-state index in [2.05, 4.69) is 64.2 Å². The van der Waals surface area contributed by atoms with E-state index in [9.17, 15) is 4.79 Å². The summed E-state index contributed by atoms with van der Waals surface area (Å²) in [6, 6.07) is 20.2. The summed E-state index contributed by atoms with van der Waals surface area (Å²) in [5, 5.41) is 4.19. The van der Waals surface area contributed by atoms with Gasteiger partial charge in [0.2, 0.25) is 0 Å². The maximum Gasteiger partial charge on any atom is 0.271 e. The molecule has 1 saturated heterocycles. The van der Waals surface area contributed by atoms with Crippen molar-refractivity contribution in [3.63, 3.8) is 0 Å². The standard InChI is InChI=1S/C25H28N4O/c1-19-16-23(20(2)29(19)18-21-8-4-3-5-9-21)17-26-27-25(30)22-10-12-24(13-11-22)28-14-6-7-15-28/h3-5,8-13,16-17H,6-7,14-15,18H2,1-2H3,(H,27,30)/b26-17-. The predicted molar refractivity (Wildman–Crippen MR) is 122 cm³/mol. The maximum atomic E-state index is 12.4. The van der Waals surface area contributed by atoms with Crippen LogP contribution in [0.3, 0.4) is 0 Å². The van der Waals surface area contributed by atoms with Gasteiger partial charge in [0.25, 0.3) is 5.91 Å². The molecule has 0 aliphatic carbocycles. The Morgan fingerprint density at radius 1 is 1.03 bits per heavy atom. The van der Waals surface area contributed by atoms with Crippen LogP contribution in [0.5, 0.6) is 0 Å². The van der Waals surface area contributed by atoms with Crippen LogP contribution in [0.2, 0.25) is 0 Å². The third kappa shape index (κ3) is 4.46. The summed E-state index contributed by atoms with van der Waals surface area (Å²) in [4.78, 5) is 14.8. The lowest BCUT2D eigenvalue weighted by atomic mass is 10.2. The molecule has 30 heavy (non-hydrogen) atoms. The molecule has 0 spiro atoms. The number of carbonyl (C=O) groups excluding carboxylic acids is 1. The molecule has 1 amide bonds. The van der Waals surface area contributed by atoms with Crippen molar-refractivity contribution in [1.82, 2.24) is 9.99 Å². The number of benzene rings is 2. The Labute approximate surface area is 178 Å². The molecular weight excluding hydrogens is 372 g/mol. The number of hydrazone groups is 1. The van der Waals surface area contributed by atoms with Crippen LogP contribution in [0.15, 0.2) is 65.8 Å². The van der Waals surface area contributed by atoms with Crippen molar-refractivity contribution in [2.45, 2.75) is 33.2 Å². The predicted octanol–water partition coefficient (Wildman–Crippen LogP) is 4.52. The summed E-state index contributed by atoms with van der Waals surface area (Å²) in [5.74, 6) is -0.197. The molecule has 0 radical (unpaired) electrons. The molecule has 2 aromatic carbocycles. The lowest BCUT2D eigenvalue weighted by Gasteiger charge is -2.17. The van der Waals surface area contributed by atoms with E-state index in [4.69, 9.17) is 0 Å². The van der Waals surface area contributed by atoms with Gasteiger partial charge in [-0.25, -0.2) is 5.43 Å². The third-order valence-corrected chi connectivity index (χ3v) is 5.77. The van der Waals surface area contributed by atoms with E-state index in [1.54, 1.807) is 6.21 Å². The fourth-order valence-electron chi connectivity index (χ4n) is 3.99. The highest BCUT2D eigenvalue weighted by Gasteiger charge is 2.13. The number of amides is 1. The highest BCUT2D eigenvalue weighted by molar-refractivity contribution is 5.95. The van der Waals surface area contributed by atoms with Crippen molar-refractivity contribution in [3.8, 4) is 0 Å². The van der Waals surface area contributed by atoms with Gasteiger partial charge in [-0.1, -0.05) is 30.3 Å². The normalized spacial score (nSPS) is 13.9. The smallest absolute Gasteiger partial charge is 0.271 e. The summed E-state index contributed by atoms with van der Waals surface area (Å²) < 4.78 is 2.26. The summed E-state index contributed by atoms with van der Waals surface area (Å²) in [5.41, 5.74) is 9.01. The van der Waals surface area contributed by atoms with Crippen LogP contribution in [0.4, 0.5) is 5.69 Å². The number of aromatic nitrogens is 1. The second-order valence-electron chi connectivity index (χ2n) is 7.84. The Morgan fingerprint density at radius 3 is 2.43 bits per heavy atom. The van der Waals surface area contributed by atoms with Gasteiger partial charge in [0.05, 0.1) is 6.21 Å². The average Bonchev–Trinajstić information content (AvgIpc) is 3.39. The van der Waals surface area contributed by atoms with Crippen molar-refractivity contribution in [3.05, 3.63) is 88.7 Å². The summed E-state index contributed by atoms with van der Waals surface area (Å²) >= 11 is 0. The Balaban J connectivity index is 1.39. The molecule has 0 saturated carbocycles. The molecule has 5 heteroatoms. The summed E-state index contributed by atoms with van der Waals surface area (Å²) in [6.45, 7) is 7.18. The topological polar surface area (TPSA) is 49.6 Å². The van der Waals surface area contributed by atoms with Crippen LogP contribution in [0, 0.1) is 13.8 Å². The Hall–Kier alpha value is -3.34. The number of hydrogen-bond acceptors (Lipinski definition) is 3. The number of nitrogens with zero attached hydrogens (tertiary/aromatic N) is 3. The van der Waals surface area contributed by atoms with Gasteiger partial charge in [-0.15, -0.1) is 0 Å². The molecule has 3 aromatic rings. The molecule has 1 aliphatic rings. The fourth-order valence-corrected chi connectivity index (χ4v) is 3.99. The van der Waals surface area contributed by atoms with Gasteiger partial charge in [-0.05, 0) is 62.6 Å². The van der Waals surface area contributed by atoms with Crippen LogP contribution < -0.4 is 10.3 Å². The highest BCUT2D eigenvalue weighted by Crippen LogP contribution is 2.20. The van der Waals surface area contributed by atoms with Gasteiger partial charge < -0.3 is 9.47 Å². The highest BCUT2D eigenvalue weighted by atomic mass is 16.2. The molecular formula is C25H28N4O. The monoisotopic (exact) mass is 400 g/mol. The molecule has 1 N–H and O–H groups in total. The molecule has 5 nitrogen and oxygen atoms in total. The number of rotatable bonds is 6. The van der Waals surface area contributed by atoms with E-state index in [1.807, 2.05) is 30.3 Å². The summed E-state index contributed by atoms with van der Waals surface area (Å²) in [6.07, 6.45) is 4.20. The van der Waals surface area contributed by atoms with Crippen molar-refractivity contribution in [2.24, 2.45) is 5.10 Å². The van der Waals surface area contributed by atoms with Gasteiger partial charge in [0.15, 0.2) is 0 Å². The lowest BCUT2D eigenvalue weighted by Crippen LogP contribution is -2.19. The number of hydrogen-bond donors (Lipinski definition) is 1. The second-order valence-corrected chi connectivity index (χ2v) is 7.84. The number of aryl methyl sites for hydroxylation is 1. The number of nitrogens with one attached hydrogen (secondary N) is 1. The van der Waals surface area contributed by atoms with Crippen LogP contribution in [0.1, 0.15) is 45.7 Å². The molecule has 154 valence electrons. The number of anilines is 1. The van der Waals surface area contributed by atoms with Crippen molar-refractivity contribution in [2.75, 3.05) is 18.0 Å². The van der Waals surface area contributed by atoms with Gasteiger partial charge in [-0.3, -0.25) is 4.79 Å². The maximum absolute atomic E-state index is 12.4.